The highest BCUT2D eigenvalue weighted by atomic mass is 79.9. The van der Waals surface area contributed by atoms with Crippen molar-refractivity contribution in [3.05, 3.63) is 56.2 Å². The zero-order chi connectivity index (χ0) is 21.8. The predicted octanol–water partition coefficient (Wildman–Crippen LogP) is 6.35. The average Bonchev–Trinajstić information content (AvgIpc) is 2.98. The molecule has 1 aromatic heterocycles. The number of halogens is 2. The number of carbonyl (C=O) groups is 1. The molecule has 0 spiro atoms. The van der Waals surface area contributed by atoms with Crippen LogP contribution in [0.25, 0.3) is 0 Å². The summed E-state index contributed by atoms with van der Waals surface area (Å²) >= 11 is 6.85. The van der Waals surface area contributed by atoms with Gasteiger partial charge in [0.2, 0.25) is 0 Å². The minimum atomic E-state index is -0.0764. The highest BCUT2D eigenvalue weighted by molar-refractivity contribution is 9.10. The molecule has 1 aromatic carbocycles. The number of hydrogen-bond acceptors (Lipinski definition) is 4. The van der Waals surface area contributed by atoms with Crippen molar-refractivity contribution in [2.45, 2.75) is 46.6 Å². The van der Waals surface area contributed by atoms with Crippen LogP contribution in [0.3, 0.4) is 0 Å². The normalized spacial score (nSPS) is 25.9. The third-order valence-corrected chi connectivity index (χ3v) is 8.10. The maximum Gasteiger partial charge on any atom is 0.168 e. The molecule has 2 aliphatic rings. The Kier molecular flexibility index (Phi) is 5.35. The Morgan fingerprint density at radius 3 is 2.50 bits per heavy atom. The van der Waals surface area contributed by atoms with Crippen molar-refractivity contribution in [3.63, 3.8) is 0 Å². The molecule has 6 heteroatoms. The van der Waals surface area contributed by atoms with E-state index in [1.165, 1.54) is 0 Å². The fourth-order valence-corrected chi connectivity index (χ4v) is 6.56. The first-order valence-corrected chi connectivity index (χ1v) is 11.7. The zero-order valence-corrected chi connectivity index (χ0v) is 20.7. The molecule has 0 aliphatic heterocycles. The zero-order valence-electron chi connectivity index (χ0n) is 17.5. The number of benzene rings is 1. The van der Waals surface area contributed by atoms with Gasteiger partial charge in [0, 0.05) is 33.2 Å². The summed E-state index contributed by atoms with van der Waals surface area (Å²) < 4.78 is 7.93. The number of aromatic nitrogens is 1. The van der Waals surface area contributed by atoms with Crippen molar-refractivity contribution in [2.75, 3.05) is 0 Å². The van der Waals surface area contributed by atoms with Crippen LogP contribution in [-0.2, 0) is 6.42 Å². The topological polar surface area (TPSA) is 63.0 Å². The van der Waals surface area contributed by atoms with Crippen LogP contribution in [0, 0.1) is 34.0 Å². The summed E-state index contributed by atoms with van der Waals surface area (Å²) in [7, 11) is 0. The highest BCUT2D eigenvalue weighted by Crippen LogP contribution is 2.62. The smallest absolute Gasteiger partial charge is 0.168 e. The van der Waals surface area contributed by atoms with E-state index in [9.17, 15) is 4.79 Å². The second kappa shape index (κ2) is 7.46. The molecule has 0 N–H and O–H groups in total. The van der Waals surface area contributed by atoms with Crippen LogP contribution in [-0.4, -0.2) is 16.9 Å². The van der Waals surface area contributed by atoms with Gasteiger partial charge in [0.05, 0.1) is 11.3 Å². The van der Waals surface area contributed by atoms with E-state index in [-0.39, 0.29) is 28.6 Å². The standard InChI is InChI=1S/C24H24Br2N2O2/c1-23(2)19(10-14-9-18-16(21(14)29)7-8-20(26)28-18)24(3,4)22(23)30-15-6-5-13(12-27)17(25)11-15/h5-8,11,14,19,22H,9-10H2,1-4H3. The molecule has 0 radical (unpaired) electrons. The van der Waals surface area contributed by atoms with E-state index in [2.05, 4.69) is 70.6 Å². The summed E-state index contributed by atoms with van der Waals surface area (Å²) in [5.74, 6) is 1.31. The molecule has 1 atom stereocenters. The lowest BCUT2D eigenvalue weighted by atomic mass is 9.44. The van der Waals surface area contributed by atoms with E-state index < -0.39 is 0 Å². The third kappa shape index (κ3) is 3.40. The van der Waals surface area contributed by atoms with Gasteiger partial charge in [-0.2, -0.15) is 5.26 Å². The van der Waals surface area contributed by atoms with Crippen molar-refractivity contribution in [3.8, 4) is 11.8 Å². The molecule has 0 saturated heterocycles. The monoisotopic (exact) mass is 530 g/mol. The molecule has 1 unspecified atom stereocenters. The minimum absolute atomic E-state index is 0.0148. The van der Waals surface area contributed by atoms with Crippen LogP contribution in [0.5, 0.6) is 5.75 Å². The number of fused-ring (bicyclic) bond motifs is 1. The van der Waals surface area contributed by atoms with Crippen molar-refractivity contribution in [1.82, 2.24) is 4.98 Å². The number of carbonyl (C=O) groups excluding carboxylic acids is 1. The number of Topliss-reactive ketones (excluding diaryl/α,β-unsaturated/α-hetero) is 1. The van der Waals surface area contributed by atoms with Crippen LogP contribution < -0.4 is 4.74 Å². The van der Waals surface area contributed by atoms with Gasteiger partial charge in [-0.25, -0.2) is 4.98 Å². The van der Waals surface area contributed by atoms with Crippen molar-refractivity contribution in [1.29, 1.82) is 5.26 Å². The maximum absolute atomic E-state index is 13.0. The van der Waals surface area contributed by atoms with Gasteiger partial charge >= 0.3 is 0 Å². The Bertz CT molecular complexity index is 1060. The third-order valence-electron chi connectivity index (χ3n) is 7.00. The summed E-state index contributed by atoms with van der Waals surface area (Å²) in [6.45, 7) is 8.92. The Balaban J connectivity index is 1.51. The molecule has 1 heterocycles. The van der Waals surface area contributed by atoms with Crippen molar-refractivity contribution in [2.24, 2.45) is 22.7 Å². The van der Waals surface area contributed by atoms with Gasteiger partial charge in [-0.15, -0.1) is 0 Å². The molecule has 1 saturated carbocycles. The lowest BCUT2D eigenvalue weighted by molar-refractivity contribution is -0.203. The molecule has 0 bridgehead atoms. The number of nitrogens with zero attached hydrogens (tertiary/aromatic N) is 2. The van der Waals surface area contributed by atoms with Crippen LogP contribution in [0.4, 0.5) is 0 Å². The quantitative estimate of drug-likeness (QED) is 0.431. The average molecular weight is 532 g/mol. The van der Waals surface area contributed by atoms with E-state index in [0.717, 1.165) is 32.5 Å². The number of ether oxygens (including phenoxy) is 1. The fourth-order valence-electron chi connectivity index (χ4n) is 5.77. The van der Waals surface area contributed by atoms with E-state index in [1.54, 1.807) is 6.07 Å². The van der Waals surface area contributed by atoms with E-state index >= 15 is 0 Å². The Hall–Kier alpha value is -1.71. The first-order chi connectivity index (χ1) is 14.1. The van der Waals surface area contributed by atoms with E-state index in [1.807, 2.05) is 24.3 Å². The molecule has 4 rings (SSSR count). The van der Waals surface area contributed by atoms with Crippen molar-refractivity contribution >= 4 is 37.6 Å². The highest BCUT2D eigenvalue weighted by Gasteiger charge is 2.63. The van der Waals surface area contributed by atoms with Gasteiger partial charge < -0.3 is 4.74 Å². The fraction of sp³-hybridized carbons (Fsp3) is 0.458. The first-order valence-electron chi connectivity index (χ1n) is 10.1. The van der Waals surface area contributed by atoms with Crippen LogP contribution in [0.1, 0.15) is 55.7 Å². The van der Waals surface area contributed by atoms with Gasteiger partial charge in [-0.05, 0) is 74.5 Å². The van der Waals surface area contributed by atoms with E-state index in [0.29, 0.717) is 17.9 Å². The number of hydrogen-bond donors (Lipinski definition) is 0. The largest absolute Gasteiger partial charge is 0.489 e. The van der Waals surface area contributed by atoms with E-state index in [4.69, 9.17) is 10.00 Å². The molecule has 156 valence electrons. The number of rotatable bonds is 4. The van der Waals surface area contributed by atoms with Gasteiger partial charge in [-0.1, -0.05) is 27.7 Å². The number of pyridine rings is 1. The molecule has 30 heavy (non-hydrogen) atoms. The SMILES string of the molecule is CC1(C)C(CC2Cc3nc(Br)ccc3C2=O)C(C)(C)C1Oc1ccc(C#N)c(Br)c1. The van der Waals surface area contributed by atoms with Crippen molar-refractivity contribution < 1.29 is 9.53 Å². The van der Waals surface area contributed by atoms with Gasteiger partial charge in [0.1, 0.15) is 22.5 Å². The van der Waals surface area contributed by atoms with Crippen LogP contribution in [0.15, 0.2) is 39.4 Å². The summed E-state index contributed by atoms with van der Waals surface area (Å²) in [6.07, 6.45) is 1.56. The number of ketones is 1. The Labute approximate surface area is 194 Å². The summed E-state index contributed by atoms with van der Waals surface area (Å²) in [4.78, 5) is 17.5. The van der Waals surface area contributed by atoms with Gasteiger partial charge in [0.25, 0.3) is 0 Å². The molecule has 2 aliphatic carbocycles. The molecule has 0 amide bonds. The summed E-state index contributed by atoms with van der Waals surface area (Å²) in [6, 6.07) is 11.4. The summed E-state index contributed by atoms with van der Waals surface area (Å²) in [5.41, 5.74) is 2.12. The Morgan fingerprint density at radius 2 is 1.87 bits per heavy atom. The maximum atomic E-state index is 13.0. The molecular weight excluding hydrogens is 508 g/mol. The Morgan fingerprint density at radius 1 is 1.17 bits per heavy atom. The first kappa shape index (κ1) is 21.5. The van der Waals surface area contributed by atoms with Crippen LogP contribution >= 0.6 is 31.9 Å². The second-order valence-corrected chi connectivity index (χ2v) is 11.2. The number of nitriles is 1. The molecular formula is C24H24Br2N2O2. The summed E-state index contributed by atoms with van der Waals surface area (Å²) in [5, 5.41) is 9.13. The molecule has 2 aromatic rings. The minimum Gasteiger partial charge on any atom is -0.489 e. The molecule has 4 nitrogen and oxygen atoms in total. The second-order valence-electron chi connectivity index (χ2n) is 9.58. The van der Waals surface area contributed by atoms with Crippen LogP contribution in [0.2, 0.25) is 0 Å². The predicted molar refractivity (Wildman–Crippen MR) is 122 cm³/mol. The van der Waals surface area contributed by atoms with Gasteiger partial charge in [-0.3, -0.25) is 4.79 Å². The lowest BCUT2D eigenvalue weighted by Crippen LogP contribution is -2.66. The lowest BCUT2D eigenvalue weighted by Gasteiger charge is -2.64. The molecule has 1 fully saturated rings. The van der Waals surface area contributed by atoms with Gasteiger partial charge in [0.15, 0.2) is 5.78 Å².